The first-order chi connectivity index (χ1) is 26.8. The molecule has 0 unspecified atom stereocenters. The van der Waals surface area contributed by atoms with Crippen molar-refractivity contribution in [2.75, 3.05) is 44.4 Å². The number of aromatic nitrogens is 1. The molecule has 0 aromatic carbocycles. The Morgan fingerprint density at radius 2 is 1.04 bits per heavy atom. The first-order valence-electron chi connectivity index (χ1n) is 23.0. The van der Waals surface area contributed by atoms with E-state index in [1.165, 1.54) is 147 Å². The molecule has 1 aliphatic rings. The van der Waals surface area contributed by atoms with Gasteiger partial charge >= 0.3 is 0 Å². The molecule has 54 heavy (non-hydrogen) atoms. The summed E-state index contributed by atoms with van der Waals surface area (Å²) in [4.78, 5) is 7.20. The second-order valence-electron chi connectivity index (χ2n) is 15.6. The standard InChI is InChI=1S/C49H85N3O2/c1-3-5-7-9-11-13-15-17-19-21-23-25-27-29-31-35-42-53-45-48(51-44-47-38-37-39-50-49(47)52-40-33-34-41-52)46-54-43-36-32-30-28-26-24-22-20-18-16-14-12-10-8-6-4-2/h11-14,17-20,37-39,48,51H,3-10,15-16,21-36,40-46H2,1-2H3. The largest absolute Gasteiger partial charge is 0.380 e. The van der Waals surface area contributed by atoms with Crippen molar-refractivity contribution in [3.63, 3.8) is 0 Å². The van der Waals surface area contributed by atoms with E-state index in [9.17, 15) is 0 Å². The highest BCUT2D eigenvalue weighted by Gasteiger charge is 2.18. The fourth-order valence-electron chi connectivity index (χ4n) is 7.04. The van der Waals surface area contributed by atoms with Crippen LogP contribution >= 0.6 is 0 Å². The predicted molar refractivity (Wildman–Crippen MR) is 237 cm³/mol. The van der Waals surface area contributed by atoms with Gasteiger partial charge in [0.25, 0.3) is 0 Å². The lowest BCUT2D eigenvalue weighted by atomic mass is 10.1. The minimum Gasteiger partial charge on any atom is -0.380 e. The number of hydrogen-bond donors (Lipinski definition) is 1. The van der Waals surface area contributed by atoms with Crippen LogP contribution in [0.3, 0.4) is 0 Å². The van der Waals surface area contributed by atoms with Crippen molar-refractivity contribution in [2.24, 2.45) is 0 Å². The van der Waals surface area contributed by atoms with Crippen LogP contribution < -0.4 is 10.2 Å². The molecule has 308 valence electrons. The average molecular weight is 748 g/mol. The van der Waals surface area contributed by atoms with Crippen LogP contribution in [0.15, 0.2) is 66.9 Å². The number of anilines is 1. The average Bonchev–Trinajstić information content (AvgIpc) is 3.74. The zero-order chi connectivity index (χ0) is 38.3. The summed E-state index contributed by atoms with van der Waals surface area (Å²) in [6.45, 7) is 10.6. The summed E-state index contributed by atoms with van der Waals surface area (Å²) in [5.41, 5.74) is 1.28. The van der Waals surface area contributed by atoms with Gasteiger partial charge in [0.15, 0.2) is 0 Å². The number of nitrogens with zero attached hydrogens (tertiary/aromatic N) is 2. The van der Waals surface area contributed by atoms with E-state index in [1.54, 1.807) is 0 Å². The third kappa shape index (κ3) is 28.2. The fourth-order valence-corrected chi connectivity index (χ4v) is 7.04. The molecular formula is C49H85N3O2. The van der Waals surface area contributed by atoms with Crippen LogP contribution in [0.2, 0.25) is 0 Å². The van der Waals surface area contributed by atoms with Gasteiger partial charge in [-0.05, 0) is 96.0 Å². The van der Waals surface area contributed by atoms with E-state index in [-0.39, 0.29) is 6.04 Å². The van der Waals surface area contributed by atoms with E-state index >= 15 is 0 Å². The number of hydrogen-bond acceptors (Lipinski definition) is 5. The highest BCUT2D eigenvalue weighted by molar-refractivity contribution is 5.47. The lowest BCUT2D eigenvalue weighted by molar-refractivity contribution is 0.0523. The quantitative estimate of drug-likeness (QED) is 0.0539. The lowest BCUT2D eigenvalue weighted by Crippen LogP contribution is -2.38. The van der Waals surface area contributed by atoms with Gasteiger partial charge in [0.1, 0.15) is 5.82 Å². The smallest absolute Gasteiger partial charge is 0.133 e. The molecule has 0 saturated carbocycles. The van der Waals surface area contributed by atoms with Crippen molar-refractivity contribution in [3.8, 4) is 0 Å². The Labute approximate surface area is 334 Å². The van der Waals surface area contributed by atoms with Crippen LogP contribution in [-0.2, 0) is 16.0 Å². The molecule has 0 amide bonds. The molecular weight excluding hydrogens is 663 g/mol. The van der Waals surface area contributed by atoms with Gasteiger partial charge in [-0.1, -0.05) is 146 Å². The lowest BCUT2D eigenvalue weighted by Gasteiger charge is -2.23. The van der Waals surface area contributed by atoms with Gasteiger partial charge in [0.2, 0.25) is 0 Å². The van der Waals surface area contributed by atoms with Gasteiger partial charge in [-0.3, -0.25) is 0 Å². The SMILES string of the molecule is CCCCCC=CCC=CCCCCCCCCOCC(COCCCCCCCCC=CCC=CCCCCC)NCc1cccnc1N1CCCC1. The normalized spacial score (nSPS) is 14.3. The second-order valence-corrected chi connectivity index (χ2v) is 15.6. The third-order valence-electron chi connectivity index (χ3n) is 10.5. The van der Waals surface area contributed by atoms with Gasteiger partial charge in [0.05, 0.1) is 19.3 Å². The van der Waals surface area contributed by atoms with Crippen molar-refractivity contribution in [2.45, 2.75) is 193 Å². The monoisotopic (exact) mass is 748 g/mol. The molecule has 0 bridgehead atoms. The summed E-state index contributed by atoms with van der Waals surface area (Å²) in [6, 6.07) is 4.47. The molecule has 0 aliphatic carbocycles. The Balaban J connectivity index is 1.56. The first kappa shape index (κ1) is 47.9. The fraction of sp³-hybridized carbons (Fsp3) is 0.735. The Kier molecular flexibility index (Phi) is 33.5. The molecule has 1 N–H and O–H groups in total. The molecule has 5 nitrogen and oxygen atoms in total. The third-order valence-corrected chi connectivity index (χ3v) is 10.5. The Bertz CT molecular complexity index is 1010. The minimum absolute atomic E-state index is 0.186. The molecule has 2 heterocycles. The number of unbranched alkanes of at least 4 members (excludes halogenated alkanes) is 18. The summed E-state index contributed by atoms with van der Waals surface area (Å²) >= 11 is 0. The Hall–Kier alpha value is -2.21. The molecule has 0 atom stereocenters. The number of pyridine rings is 1. The maximum atomic E-state index is 6.23. The number of ether oxygens (including phenoxy) is 2. The van der Waals surface area contributed by atoms with Crippen LogP contribution in [0.5, 0.6) is 0 Å². The van der Waals surface area contributed by atoms with Crippen LogP contribution in [0.1, 0.15) is 186 Å². The van der Waals surface area contributed by atoms with E-state index in [2.05, 4.69) is 84.8 Å². The summed E-state index contributed by atoms with van der Waals surface area (Å²) < 4.78 is 12.5. The van der Waals surface area contributed by atoms with Gasteiger partial charge in [-0.15, -0.1) is 0 Å². The Morgan fingerprint density at radius 3 is 1.52 bits per heavy atom. The van der Waals surface area contributed by atoms with E-state index < -0.39 is 0 Å². The van der Waals surface area contributed by atoms with E-state index in [1.807, 2.05) is 6.20 Å². The summed E-state index contributed by atoms with van der Waals surface area (Å²) in [5.74, 6) is 1.14. The molecule has 0 radical (unpaired) electrons. The van der Waals surface area contributed by atoms with Crippen molar-refractivity contribution in [1.82, 2.24) is 10.3 Å². The molecule has 5 heteroatoms. The van der Waals surface area contributed by atoms with Crippen LogP contribution in [0.4, 0.5) is 5.82 Å². The highest BCUT2D eigenvalue weighted by Crippen LogP contribution is 2.22. The van der Waals surface area contributed by atoms with Gasteiger partial charge < -0.3 is 19.7 Å². The van der Waals surface area contributed by atoms with E-state index in [0.29, 0.717) is 13.2 Å². The molecule has 1 fully saturated rings. The van der Waals surface area contributed by atoms with Crippen molar-refractivity contribution >= 4 is 5.82 Å². The number of allylic oxidation sites excluding steroid dienone is 8. The van der Waals surface area contributed by atoms with Gasteiger partial charge in [-0.25, -0.2) is 4.98 Å². The van der Waals surface area contributed by atoms with Gasteiger partial charge in [0, 0.05) is 44.6 Å². The minimum atomic E-state index is 0.186. The van der Waals surface area contributed by atoms with E-state index in [0.717, 1.165) is 64.3 Å². The molecule has 1 aromatic rings. The summed E-state index contributed by atoms with van der Waals surface area (Å²) in [6.07, 6.45) is 53.7. The predicted octanol–water partition coefficient (Wildman–Crippen LogP) is 13.8. The molecule has 1 saturated heterocycles. The van der Waals surface area contributed by atoms with Crippen molar-refractivity contribution in [1.29, 1.82) is 0 Å². The first-order valence-corrected chi connectivity index (χ1v) is 23.0. The van der Waals surface area contributed by atoms with Crippen LogP contribution in [0, 0.1) is 0 Å². The second kappa shape index (κ2) is 37.7. The maximum Gasteiger partial charge on any atom is 0.133 e. The van der Waals surface area contributed by atoms with Crippen LogP contribution in [-0.4, -0.2) is 50.5 Å². The van der Waals surface area contributed by atoms with Crippen LogP contribution in [0.25, 0.3) is 0 Å². The zero-order valence-electron chi connectivity index (χ0n) is 35.5. The molecule has 2 rings (SSSR count). The number of nitrogens with one attached hydrogen (secondary N) is 1. The molecule has 0 spiro atoms. The summed E-state index contributed by atoms with van der Waals surface area (Å²) in [7, 11) is 0. The molecule has 1 aromatic heterocycles. The number of rotatable bonds is 38. The topological polar surface area (TPSA) is 46.6 Å². The summed E-state index contributed by atoms with van der Waals surface area (Å²) in [5, 5.41) is 3.78. The molecule has 1 aliphatic heterocycles. The van der Waals surface area contributed by atoms with Gasteiger partial charge in [-0.2, -0.15) is 0 Å². The highest BCUT2D eigenvalue weighted by atomic mass is 16.5. The zero-order valence-corrected chi connectivity index (χ0v) is 35.5. The van der Waals surface area contributed by atoms with E-state index in [4.69, 9.17) is 14.5 Å². The van der Waals surface area contributed by atoms with Crippen molar-refractivity contribution in [3.05, 3.63) is 72.5 Å². The Morgan fingerprint density at radius 1 is 0.593 bits per heavy atom. The maximum absolute atomic E-state index is 6.23. The van der Waals surface area contributed by atoms with Crippen molar-refractivity contribution < 1.29 is 9.47 Å².